The highest BCUT2D eigenvalue weighted by Crippen LogP contribution is 2.28. The molecule has 0 heterocycles. The van der Waals surface area contributed by atoms with Crippen molar-refractivity contribution in [3.8, 4) is 11.5 Å². The number of carbonyl (C=O) groups excluding carboxylic acids is 1. The number of ether oxygens (including phenoxy) is 2. The summed E-state index contributed by atoms with van der Waals surface area (Å²) in [6.45, 7) is 1.34. The quantitative estimate of drug-likeness (QED) is 0.410. The fraction of sp³-hybridized carbons (Fsp3) is 0.440. The topological polar surface area (TPSA) is 84.0 Å². The average Bonchev–Trinajstić information content (AvgIpc) is 3.36. The van der Waals surface area contributed by atoms with Gasteiger partial charge in [-0.3, -0.25) is 9.79 Å². The van der Waals surface area contributed by atoms with Crippen LogP contribution in [0.5, 0.6) is 11.5 Å². The molecular formula is C25H34N4O3. The molecule has 172 valence electrons. The molecule has 0 spiro atoms. The second kappa shape index (κ2) is 12.0. The van der Waals surface area contributed by atoms with Crippen molar-refractivity contribution in [1.29, 1.82) is 0 Å². The second-order valence-corrected chi connectivity index (χ2v) is 7.96. The van der Waals surface area contributed by atoms with E-state index in [0.29, 0.717) is 6.54 Å². The average molecular weight is 439 g/mol. The van der Waals surface area contributed by atoms with Gasteiger partial charge in [0.05, 0.1) is 14.2 Å². The minimum Gasteiger partial charge on any atom is -0.493 e. The van der Waals surface area contributed by atoms with Crippen molar-refractivity contribution in [2.75, 3.05) is 33.1 Å². The van der Waals surface area contributed by atoms with Gasteiger partial charge < -0.3 is 25.4 Å². The highest BCUT2D eigenvalue weighted by molar-refractivity contribution is 5.92. The van der Waals surface area contributed by atoms with Crippen LogP contribution in [0.4, 0.5) is 5.69 Å². The van der Waals surface area contributed by atoms with Gasteiger partial charge in [0, 0.05) is 31.7 Å². The van der Waals surface area contributed by atoms with E-state index in [1.165, 1.54) is 0 Å². The number of nitrogens with zero attached hydrogens (tertiary/aromatic N) is 1. The Morgan fingerprint density at radius 1 is 1.00 bits per heavy atom. The van der Waals surface area contributed by atoms with Crippen LogP contribution in [0.3, 0.4) is 0 Å². The number of methoxy groups -OCH3 is 2. The maximum Gasteiger partial charge on any atom is 0.227 e. The zero-order chi connectivity index (χ0) is 22.8. The SMILES string of the molecule is CN=C(NCCc1ccc(OC)c(OC)c1)NCc1cccc(NC(=O)C2CCCC2)c1. The van der Waals surface area contributed by atoms with Crippen LogP contribution in [0, 0.1) is 5.92 Å². The van der Waals surface area contributed by atoms with Crippen LogP contribution < -0.4 is 25.4 Å². The first-order valence-electron chi connectivity index (χ1n) is 11.2. The Balaban J connectivity index is 1.46. The van der Waals surface area contributed by atoms with Crippen LogP contribution in [0.15, 0.2) is 47.5 Å². The van der Waals surface area contributed by atoms with Crippen LogP contribution in [0.1, 0.15) is 36.8 Å². The zero-order valence-corrected chi connectivity index (χ0v) is 19.2. The van der Waals surface area contributed by atoms with Gasteiger partial charge in [0.1, 0.15) is 0 Å². The standard InChI is InChI=1S/C25H34N4O3/c1-26-25(27-14-13-18-11-12-22(31-2)23(16-18)32-3)28-17-19-7-6-10-21(15-19)29-24(30)20-8-4-5-9-20/h6-7,10-12,15-16,20H,4-5,8-9,13-14,17H2,1-3H3,(H,29,30)(H2,26,27,28). The highest BCUT2D eigenvalue weighted by Gasteiger charge is 2.22. The molecule has 3 rings (SSSR count). The number of rotatable bonds is 9. The van der Waals surface area contributed by atoms with E-state index in [1.54, 1.807) is 21.3 Å². The van der Waals surface area contributed by atoms with Crippen molar-refractivity contribution in [2.45, 2.75) is 38.6 Å². The molecule has 0 atom stereocenters. The number of aliphatic imine (C=N–C) groups is 1. The van der Waals surface area contributed by atoms with Crippen LogP contribution in [-0.2, 0) is 17.8 Å². The summed E-state index contributed by atoms with van der Waals surface area (Å²) in [5, 5.41) is 9.73. The molecule has 2 aromatic rings. The smallest absolute Gasteiger partial charge is 0.227 e. The first-order valence-corrected chi connectivity index (χ1v) is 11.2. The number of hydrogen-bond acceptors (Lipinski definition) is 4. The van der Waals surface area contributed by atoms with Gasteiger partial charge in [0.25, 0.3) is 0 Å². The number of anilines is 1. The molecule has 0 radical (unpaired) electrons. The second-order valence-electron chi connectivity index (χ2n) is 7.96. The molecule has 0 saturated heterocycles. The Morgan fingerprint density at radius 2 is 1.78 bits per heavy atom. The summed E-state index contributed by atoms with van der Waals surface area (Å²) >= 11 is 0. The van der Waals surface area contributed by atoms with E-state index in [4.69, 9.17) is 9.47 Å². The van der Waals surface area contributed by atoms with E-state index in [1.807, 2.05) is 42.5 Å². The Kier molecular flexibility index (Phi) is 8.78. The monoisotopic (exact) mass is 438 g/mol. The molecule has 1 fully saturated rings. The van der Waals surface area contributed by atoms with Gasteiger partial charge in [-0.15, -0.1) is 0 Å². The molecule has 1 saturated carbocycles. The number of nitrogens with one attached hydrogen (secondary N) is 3. The van der Waals surface area contributed by atoms with Crippen molar-refractivity contribution in [3.63, 3.8) is 0 Å². The molecule has 0 aromatic heterocycles. The Morgan fingerprint density at radius 3 is 2.50 bits per heavy atom. The Bertz CT molecular complexity index is 923. The van der Waals surface area contributed by atoms with Gasteiger partial charge >= 0.3 is 0 Å². The Hall–Kier alpha value is -3.22. The van der Waals surface area contributed by atoms with Crippen LogP contribution >= 0.6 is 0 Å². The lowest BCUT2D eigenvalue weighted by Gasteiger charge is -2.14. The zero-order valence-electron chi connectivity index (χ0n) is 19.2. The van der Waals surface area contributed by atoms with E-state index in [2.05, 4.69) is 20.9 Å². The van der Waals surface area contributed by atoms with Gasteiger partial charge in [-0.2, -0.15) is 0 Å². The fourth-order valence-corrected chi connectivity index (χ4v) is 3.96. The lowest BCUT2D eigenvalue weighted by Crippen LogP contribution is -2.37. The first-order chi connectivity index (χ1) is 15.6. The lowest BCUT2D eigenvalue weighted by molar-refractivity contribution is -0.119. The molecular weight excluding hydrogens is 404 g/mol. The predicted octanol–water partition coefficient (Wildman–Crippen LogP) is 3.74. The van der Waals surface area contributed by atoms with Gasteiger partial charge in [0.2, 0.25) is 5.91 Å². The predicted molar refractivity (Wildman–Crippen MR) is 128 cm³/mol. The third-order valence-corrected chi connectivity index (χ3v) is 5.76. The number of benzene rings is 2. The molecule has 0 aliphatic heterocycles. The molecule has 1 amide bonds. The third-order valence-electron chi connectivity index (χ3n) is 5.76. The maximum atomic E-state index is 12.4. The number of hydrogen-bond donors (Lipinski definition) is 3. The van der Waals surface area contributed by atoms with Crippen molar-refractivity contribution in [2.24, 2.45) is 10.9 Å². The molecule has 7 heteroatoms. The summed E-state index contributed by atoms with van der Waals surface area (Å²) in [4.78, 5) is 16.7. The molecule has 0 bridgehead atoms. The van der Waals surface area contributed by atoms with Gasteiger partial charge in [-0.1, -0.05) is 31.0 Å². The van der Waals surface area contributed by atoms with Gasteiger partial charge in [-0.05, 0) is 54.7 Å². The number of amides is 1. The first kappa shape index (κ1) is 23.4. The summed E-state index contributed by atoms with van der Waals surface area (Å²) in [6, 6.07) is 13.9. The Labute approximate surface area is 190 Å². The van der Waals surface area contributed by atoms with E-state index in [9.17, 15) is 4.79 Å². The molecule has 1 aliphatic carbocycles. The minimum atomic E-state index is 0.139. The highest BCUT2D eigenvalue weighted by atomic mass is 16.5. The third kappa shape index (κ3) is 6.64. The van der Waals surface area contributed by atoms with Crippen molar-refractivity contribution >= 4 is 17.6 Å². The number of guanidine groups is 1. The molecule has 1 aliphatic rings. The normalized spacial score (nSPS) is 14.2. The van der Waals surface area contributed by atoms with Crippen LogP contribution in [0.2, 0.25) is 0 Å². The summed E-state index contributed by atoms with van der Waals surface area (Å²) in [5.41, 5.74) is 3.07. The van der Waals surface area contributed by atoms with Crippen molar-refractivity contribution < 1.29 is 14.3 Å². The molecule has 2 aromatic carbocycles. The lowest BCUT2D eigenvalue weighted by atomic mass is 10.1. The molecule has 32 heavy (non-hydrogen) atoms. The van der Waals surface area contributed by atoms with Crippen LogP contribution in [-0.4, -0.2) is 39.7 Å². The fourth-order valence-electron chi connectivity index (χ4n) is 3.96. The summed E-state index contributed by atoms with van der Waals surface area (Å²) in [6.07, 6.45) is 5.13. The van der Waals surface area contributed by atoms with E-state index in [-0.39, 0.29) is 11.8 Å². The summed E-state index contributed by atoms with van der Waals surface area (Å²) in [7, 11) is 5.03. The molecule has 0 unspecified atom stereocenters. The van der Waals surface area contributed by atoms with E-state index < -0.39 is 0 Å². The molecule has 7 nitrogen and oxygen atoms in total. The van der Waals surface area contributed by atoms with Gasteiger partial charge in [0.15, 0.2) is 17.5 Å². The van der Waals surface area contributed by atoms with Crippen molar-refractivity contribution in [3.05, 3.63) is 53.6 Å². The largest absolute Gasteiger partial charge is 0.493 e. The van der Waals surface area contributed by atoms with E-state index >= 15 is 0 Å². The van der Waals surface area contributed by atoms with Gasteiger partial charge in [-0.25, -0.2) is 0 Å². The summed E-state index contributed by atoms with van der Waals surface area (Å²) in [5.74, 6) is 2.48. The van der Waals surface area contributed by atoms with Crippen LogP contribution in [0.25, 0.3) is 0 Å². The van der Waals surface area contributed by atoms with Crippen molar-refractivity contribution in [1.82, 2.24) is 10.6 Å². The number of carbonyl (C=O) groups is 1. The maximum absolute atomic E-state index is 12.4. The van der Waals surface area contributed by atoms with E-state index in [0.717, 1.165) is 72.9 Å². The summed E-state index contributed by atoms with van der Waals surface area (Å²) < 4.78 is 10.7. The molecule has 3 N–H and O–H groups in total. The minimum absolute atomic E-state index is 0.139.